The number of carboxylic acid groups (broad SMARTS) is 1. The molecule has 0 unspecified atom stereocenters. The molecule has 0 spiro atoms. The number of aryl methyl sites for hydroxylation is 1. The number of aromatic nitrogens is 2. The summed E-state index contributed by atoms with van der Waals surface area (Å²) in [5.41, 5.74) is 0.594. The van der Waals surface area contributed by atoms with Crippen molar-refractivity contribution in [2.75, 3.05) is 0 Å². The van der Waals surface area contributed by atoms with E-state index in [2.05, 4.69) is 9.97 Å². The second-order valence-electron chi connectivity index (χ2n) is 5.02. The van der Waals surface area contributed by atoms with Gasteiger partial charge in [0.25, 0.3) is 5.56 Å². The molecule has 0 saturated heterocycles. The van der Waals surface area contributed by atoms with Gasteiger partial charge in [-0.05, 0) is 38.1 Å². The average molecular weight is 316 g/mol. The number of carboxylic acids is 1. The summed E-state index contributed by atoms with van der Waals surface area (Å²) in [7, 11) is 0. The highest BCUT2D eigenvalue weighted by Crippen LogP contribution is 2.13. The maximum absolute atomic E-state index is 11.9. The number of carbonyl (C=O) groups excluding carboxylic acids is 1. The molecule has 0 atom stereocenters. The highest BCUT2D eigenvalue weighted by Gasteiger charge is 2.12. The third-order valence-electron chi connectivity index (χ3n) is 3.24. The van der Waals surface area contributed by atoms with Crippen molar-refractivity contribution in [1.29, 1.82) is 0 Å². The molecule has 7 nitrogen and oxygen atoms in total. The SMILES string of the molecule is CC(=O)c1ccc(OCc2nc(C)c(CC(=O)O)c(=O)[nH]2)cc1. The molecular formula is C16H16N2O5. The highest BCUT2D eigenvalue weighted by molar-refractivity contribution is 5.94. The van der Waals surface area contributed by atoms with E-state index in [0.717, 1.165) is 0 Å². The molecule has 1 aromatic carbocycles. The average Bonchev–Trinajstić information content (AvgIpc) is 2.49. The lowest BCUT2D eigenvalue weighted by Crippen LogP contribution is -2.22. The number of rotatable bonds is 6. The first-order valence-corrected chi connectivity index (χ1v) is 6.91. The van der Waals surface area contributed by atoms with Crippen LogP contribution in [0.2, 0.25) is 0 Å². The van der Waals surface area contributed by atoms with Gasteiger partial charge in [-0.2, -0.15) is 0 Å². The quantitative estimate of drug-likeness (QED) is 0.781. The van der Waals surface area contributed by atoms with E-state index >= 15 is 0 Å². The zero-order valence-electron chi connectivity index (χ0n) is 12.8. The Morgan fingerprint density at radius 2 is 1.91 bits per heavy atom. The summed E-state index contributed by atoms with van der Waals surface area (Å²) in [6.45, 7) is 3.09. The predicted octanol–water partition coefficient (Wildman–Crippen LogP) is 1.49. The molecule has 2 rings (SSSR count). The molecule has 1 aromatic heterocycles. The van der Waals surface area contributed by atoms with Crippen LogP contribution in [0.5, 0.6) is 5.75 Å². The second kappa shape index (κ2) is 6.87. The minimum absolute atomic E-state index is 0.0306. The monoisotopic (exact) mass is 316 g/mol. The van der Waals surface area contributed by atoms with Gasteiger partial charge in [-0.1, -0.05) is 0 Å². The minimum Gasteiger partial charge on any atom is -0.486 e. The van der Waals surface area contributed by atoms with Crippen LogP contribution in [-0.4, -0.2) is 26.8 Å². The van der Waals surface area contributed by atoms with E-state index in [1.165, 1.54) is 6.92 Å². The number of nitrogens with zero attached hydrogens (tertiary/aromatic N) is 1. The van der Waals surface area contributed by atoms with E-state index in [4.69, 9.17) is 9.84 Å². The van der Waals surface area contributed by atoms with Crippen LogP contribution in [0, 0.1) is 6.92 Å². The van der Waals surface area contributed by atoms with Crippen LogP contribution in [0.1, 0.15) is 34.4 Å². The van der Waals surface area contributed by atoms with Crippen molar-refractivity contribution >= 4 is 11.8 Å². The molecule has 0 radical (unpaired) electrons. The highest BCUT2D eigenvalue weighted by atomic mass is 16.5. The number of benzene rings is 1. The second-order valence-corrected chi connectivity index (χ2v) is 5.02. The Bertz CT molecular complexity index is 793. The first-order valence-electron chi connectivity index (χ1n) is 6.91. The smallest absolute Gasteiger partial charge is 0.308 e. The number of hydrogen-bond donors (Lipinski definition) is 2. The molecule has 2 N–H and O–H groups in total. The lowest BCUT2D eigenvalue weighted by atomic mass is 10.1. The number of ketones is 1. The molecule has 0 fully saturated rings. The van der Waals surface area contributed by atoms with Gasteiger partial charge < -0.3 is 14.8 Å². The van der Waals surface area contributed by atoms with Gasteiger partial charge in [0.1, 0.15) is 18.2 Å². The van der Waals surface area contributed by atoms with Crippen LogP contribution >= 0.6 is 0 Å². The predicted molar refractivity (Wildman–Crippen MR) is 81.7 cm³/mol. The summed E-state index contributed by atoms with van der Waals surface area (Å²) in [5, 5.41) is 8.77. The molecule has 23 heavy (non-hydrogen) atoms. The van der Waals surface area contributed by atoms with E-state index < -0.39 is 11.5 Å². The molecule has 0 aliphatic rings. The van der Waals surface area contributed by atoms with E-state index in [1.807, 2.05) is 0 Å². The standard InChI is InChI=1S/C16H16N2O5/c1-9-13(7-15(20)21)16(22)18-14(17-9)8-23-12-5-3-11(4-6-12)10(2)19/h3-6H,7-8H2,1-2H3,(H,20,21)(H,17,18,22). The molecule has 120 valence electrons. The van der Waals surface area contributed by atoms with Gasteiger partial charge in [0, 0.05) is 16.8 Å². The number of Topliss-reactive ketones (excluding diaryl/α,β-unsaturated/α-hetero) is 1. The third-order valence-corrected chi connectivity index (χ3v) is 3.24. The van der Waals surface area contributed by atoms with Crippen molar-refractivity contribution in [2.24, 2.45) is 0 Å². The third kappa shape index (κ3) is 4.26. The fourth-order valence-electron chi connectivity index (χ4n) is 2.03. The summed E-state index contributed by atoms with van der Waals surface area (Å²) in [4.78, 5) is 40.4. The number of H-pyrrole nitrogens is 1. The van der Waals surface area contributed by atoms with Crippen LogP contribution in [0.3, 0.4) is 0 Å². The fraction of sp³-hybridized carbons (Fsp3) is 0.250. The van der Waals surface area contributed by atoms with Crippen molar-refractivity contribution in [3.8, 4) is 5.75 Å². The molecule has 2 aromatic rings. The van der Waals surface area contributed by atoms with E-state index in [0.29, 0.717) is 22.8 Å². The van der Waals surface area contributed by atoms with Crippen molar-refractivity contribution in [3.63, 3.8) is 0 Å². The summed E-state index contributed by atoms with van der Waals surface area (Å²) < 4.78 is 5.50. The number of carbonyl (C=O) groups is 2. The molecule has 0 aliphatic carbocycles. The van der Waals surface area contributed by atoms with Gasteiger partial charge in [-0.15, -0.1) is 0 Å². The molecular weight excluding hydrogens is 300 g/mol. The number of hydrogen-bond acceptors (Lipinski definition) is 5. The minimum atomic E-state index is -1.09. The topological polar surface area (TPSA) is 109 Å². The Hall–Kier alpha value is -2.96. The van der Waals surface area contributed by atoms with E-state index in [-0.39, 0.29) is 24.4 Å². The van der Waals surface area contributed by atoms with E-state index in [1.54, 1.807) is 31.2 Å². The summed E-state index contributed by atoms with van der Waals surface area (Å²) >= 11 is 0. The maximum Gasteiger partial charge on any atom is 0.308 e. The number of nitrogens with one attached hydrogen (secondary N) is 1. The van der Waals surface area contributed by atoms with Crippen molar-refractivity contribution in [1.82, 2.24) is 9.97 Å². The summed E-state index contributed by atoms with van der Waals surface area (Å²) in [5.74, 6) is -0.288. The zero-order chi connectivity index (χ0) is 17.0. The Kier molecular flexibility index (Phi) is 4.90. The molecule has 7 heteroatoms. The Balaban J connectivity index is 2.10. The van der Waals surface area contributed by atoms with Gasteiger partial charge in [0.2, 0.25) is 0 Å². The molecule has 0 amide bonds. The van der Waals surface area contributed by atoms with Crippen LogP contribution in [0.25, 0.3) is 0 Å². The largest absolute Gasteiger partial charge is 0.486 e. The van der Waals surface area contributed by atoms with Gasteiger partial charge >= 0.3 is 5.97 Å². The number of aromatic amines is 1. The van der Waals surface area contributed by atoms with Crippen LogP contribution in [0.15, 0.2) is 29.1 Å². The normalized spacial score (nSPS) is 10.3. The van der Waals surface area contributed by atoms with Gasteiger partial charge in [0.15, 0.2) is 5.78 Å². The molecule has 0 aliphatic heterocycles. The van der Waals surface area contributed by atoms with Crippen LogP contribution < -0.4 is 10.3 Å². The zero-order valence-corrected chi connectivity index (χ0v) is 12.8. The Labute approximate surface area is 132 Å². The van der Waals surface area contributed by atoms with Crippen molar-refractivity contribution in [3.05, 3.63) is 57.3 Å². The summed E-state index contributed by atoms with van der Waals surface area (Å²) in [6.07, 6.45) is -0.373. The molecule has 0 bridgehead atoms. The first kappa shape index (κ1) is 16.4. The number of ether oxygens (including phenoxy) is 1. The fourth-order valence-corrected chi connectivity index (χ4v) is 2.03. The van der Waals surface area contributed by atoms with E-state index in [9.17, 15) is 14.4 Å². The van der Waals surface area contributed by atoms with Gasteiger partial charge in [-0.3, -0.25) is 14.4 Å². The van der Waals surface area contributed by atoms with Gasteiger partial charge in [0.05, 0.1) is 6.42 Å². The molecule has 0 saturated carbocycles. The van der Waals surface area contributed by atoms with Crippen LogP contribution in [0.4, 0.5) is 0 Å². The first-order chi connectivity index (χ1) is 10.9. The maximum atomic E-state index is 11.9. The van der Waals surface area contributed by atoms with Crippen LogP contribution in [-0.2, 0) is 17.8 Å². The molecule has 1 heterocycles. The van der Waals surface area contributed by atoms with Crippen molar-refractivity contribution in [2.45, 2.75) is 26.9 Å². The lowest BCUT2D eigenvalue weighted by molar-refractivity contribution is -0.136. The number of aliphatic carboxylic acids is 1. The Morgan fingerprint density at radius 3 is 2.43 bits per heavy atom. The van der Waals surface area contributed by atoms with Gasteiger partial charge in [-0.25, -0.2) is 4.98 Å². The summed E-state index contributed by atoms with van der Waals surface area (Å²) in [6, 6.07) is 6.60. The Morgan fingerprint density at radius 1 is 1.26 bits per heavy atom. The van der Waals surface area contributed by atoms with Crippen molar-refractivity contribution < 1.29 is 19.4 Å². The lowest BCUT2D eigenvalue weighted by Gasteiger charge is -2.08.